The fourth-order valence-electron chi connectivity index (χ4n) is 2.61. The van der Waals surface area contributed by atoms with Gasteiger partial charge in [-0.2, -0.15) is 0 Å². The SMILES string of the molecule is NNC(=O)CCCCCN1CCN(c2ccccn2)CC1. The first-order valence-corrected chi connectivity index (χ1v) is 7.67. The van der Waals surface area contributed by atoms with Crippen molar-refractivity contribution in [1.29, 1.82) is 0 Å². The van der Waals surface area contributed by atoms with Gasteiger partial charge in [-0.1, -0.05) is 12.5 Å². The molecule has 0 bridgehead atoms. The second-order valence-electron chi connectivity index (χ2n) is 5.39. The molecule has 1 fully saturated rings. The lowest BCUT2D eigenvalue weighted by Crippen LogP contribution is -2.46. The van der Waals surface area contributed by atoms with Crippen molar-refractivity contribution in [1.82, 2.24) is 15.3 Å². The van der Waals surface area contributed by atoms with Crippen LogP contribution in [0.15, 0.2) is 24.4 Å². The number of nitrogens with zero attached hydrogens (tertiary/aromatic N) is 3. The standard InChI is InChI=1S/C15H25N5O/c16-18-15(21)7-2-1-5-9-19-10-12-20(13-11-19)14-6-3-4-8-17-14/h3-4,6,8H,1-2,5,7,9-13,16H2,(H,18,21). The molecule has 2 rings (SSSR count). The van der Waals surface area contributed by atoms with Crippen LogP contribution < -0.4 is 16.2 Å². The average molecular weight is 291 g/mol. The number of aromatic nitrogens is 1. The summed E-state index contributed by atoms with van der Waals surface area (Å²) in [5, 5.41) is 0. The van der Waals surface area contributed by atoms with Crippen LogP contribution in [0.5, 0.6) is 0 Å². The van der Waals surface area contributed by atoms with Crippen LogP contribution in [-0.2, 0) is 4.79 Å². The summed E-state index contributed by atoms with van der Waals surface area (Å²) in [4.78, 5) is 20.2. The minimum Gasteiger partial charge on any atom is -0.354 e. The molecule has 1 aliphatic heterocycles. The smallest absolute Gasteiger partial charge is 0.233 e. The molecule has 21 heavy (non-hydrogen) atoms. The summed E-state index contributed by atoms with van der Waals surface area (Å²) in [6.07, 6.45) is 5.51. The number of anilines is 1. The molecule has 6 nitrogen and oxygen atoms in total. The molecule has 3 N–H and O–H groups in total. The third-order valence-corrected chi connectivity index (χ3v) is 3.88. The molecule has 0 atom stereocenters. The number of pyridine rings is 1. The van der Waals surface area contributed by atoms with E-state index >= 15 is 0 Å². The first-order valence-electron chi connectivity index (χ1n) is 7.67. The highest BCUT2D eigenvalue weighted by Gasteiger charge is 2.17. The average Bonchev–Trinajstić information content (AvgIpc) is 2.55. The summed E-state index contributed by atoms with van der Waals surface area (Å²) < 4.78 is 0. The number of hydrogen-bond donors (Lipinski definition) is 2. The highest BCUT2D eigenvalue weighted by molar-refractivity contribution is 5.75. The fourth-order valence-corrected chi connectivity index (χ4v) is 2.61. The van der Waals surface area contributed by atoms with Crippen molar-refractivity contribution >= 4 is 11.7 Å². The van der Waals surface area contributed by atoms with Gasteiger partial charge >= 0.3 is 0 Å². The molecule has 1 aliphatic rings. The van der Waals surface area contributed by atoms with Gasteiger partial charge in [-0.3, -0.25) is 15.1 Å². The fraction of sp³-hybridized carbons (Fsp3) is 0.600. The lowest BCUT2D eigenvalue weighted by molar-refractivity contribution is -0.121. The number of nitrogens with two attached hydrogens (primary N) is 1. The third-order valence-electron chi connectivity index (χ3n) is 3.88. The van der Waals surface area contributed by atoms with E-state index in [4.69, 9.17) is 5.84 Å². The molecule has 0 unspecified atom stereocenters. The van der Waals surface area contributed by atoms with Crippen molar-refractivity contribution in [3.63, 3.8) is 0 Å². The van der Waals surface area contributed by atoms with Crippen LogP contribution in [0, 0.1) is 0 Å². The van der Waals surface area contributed by atoms with Gasteiger partial charge in [0.15, 0.2) is 0 Å². The number of nitrogens with one attached hydrogen (secondary N) is 1. The zero-order valence-electron chi connectivity index (χ0n) is 12.5. The highest BCUT2D eigenvalue weighted by atomic mass is 16.2. The first-order chi connectivity index (χ1) is 10.3. The molecule has 1 aromatic heterocycles. The van der Waals surface area contributed by atoms with Gasteiger partial charge < -0.3 is 4.90 Å². The quantitative estimate of drug-likeness (QED) is 0.336. The minimum atomic E-state index is -0.0704. The van der Waals surface area contributed by atoms with Gasteiger partial charge in [-0.05, 0) is 31.5 Å². The molecule has 0 radical (unpaired) electrons. The predicted molar refractivity (Wildman–Crippen MR) is 83.7 cm³/mol. The number of rotatable bonds is 7. The molecule has 0 aliphatic carbocycles. The van der Waals surface area contributed by atoms with Crippen molar-refractivity contribution in [2.75, 3.05) is 37.6 Å². The Morgan fingerprint density at radius 2 is 2.00 bits per heavy atom. The number of carbonyl (C=O) groups excluding carboxylic acids is 1. The first kappa shape index (κ1) is 15.7. The van der Waals surface area contributed by atoms with E-state index in [1.165, 1.54) is 0 Å². The molecule has 0 aromatic carbocycles. The summed E-state index contributed by atoms with van der Waals surface area (Å²) in [5.74, 6) is 6.05. The van der Waals surface area contributed by atoms with E-state index in [9.17, 15) is 4.79 Å². The van der Waals surface area contributed by atoms with Gasteiger partial charge in [0.2, 0.25) is 5.91 Å². The minimum absolute atomic E-state index is 0.0704. The van der Waals surface area contributed by atoms with Crippen molar-refractivity contribution in [2.24, 2.45) is 5.84 Å². The number of unbranched alkanes of at least 4 members (excludes halogenated alkanes) is 2. The zero-order chi connectivity index (χ0) is 14.9. The normalized spacial score (nSPS) is 16.0. The van der Waals surface area contributed by atoms with E-state index in [2.05, 4.69) is 26.3 Å². The van der Waals surface area contributed by atoms with Crippen LogP contribution in [0.1, 0.15) is 25.7 Å². The molecule has 1 amide bonds. The van der Waals surface area contributed by atoms with Crippen LogP contribution in [0.4, 0.5) is 5.82 Å². The Morgan fingerprint density at radius 3 is 2.67 bits per heavy atom. The van der Waals surface area contributed by atoms with Crippen molar-refractivity contribution < 1.29 is 4.79 Å². The monoisotopic (exact) mass is 291 g/mol. The van der Waals surface area contributed by atoms with Gasteiger partial charge in [0.25, 0.3) is 0 Å². The second kappa shape index (κ2) is 8.59. The number of carbonyl (C=O) groups is 1. The van der Waals surface area contributed by atoms with E-state index in [1.807, 2.05) is 18.3 Å². The topological polar surface area (TPSA) is 74.5 Å². The van der Waals surface area contributed by atoms with Gasteiger partial charge in [0.1, 0.15) is 5.82 Å². The Kier molecular flexibility index (Phi) is 6.43. The molecular formula is C15H25N5O. The van der Waals surface area contributed by atoms with Crippen molar-refractivity contribution in [2.45, 2.75) is 25.7 Å². The van der Waals surface area contributed by atoms with Crippen LogP contribution in [0.25, 0.3) is 0 Å². The Balaban J connectivity index is 1.58. The summed E-state index contributed by atoms with van der Waals surface area (Å²) >= 11 is 0. The Morgan fingerprint density at radius 1 is 1.19 bits per heavy atom. The summed E-state index contributed by atoms with van der Waals surface area (Å²) in [7, 11) is 0. The van der Waals surface area contributed by atoms with E-state index < -0.39 is 0 Å². The number of hydrogen-bond acceptors (Lipinski definition) is 5. The molecule has 1 saturated heterocycles. The van der Waals surface area contributed by atoms with E-state index in [-0.39, 0.29) is 5.91 Å². The van der Waals surface area contributed by atoms with E-state index in [0.717, 1.165) is 57.8 Å². The molecule has 2 heterocycles. The van der Waals surface area contributed by atoms with Crippen LogP contribution in [0.2, 0.25) is 0 Å². The maximum Gasteiger partial charge on any atom is 0.233 e. The molecule has 116 valence electrons. The van der Waals surface area contributed by atoms with Crippen molar-refractivity contribution in [3.05, 3.63) is 24.4 Å². The summed E-state index contributed by atoms with van der Waals surface area (Å²) in [5.41, 5.74) is 2.16. The Labute approximate surface area is 126 Å². The lowest BCUT2D eigenvalue weighted by Gasteiger charge is -2.35. The largest absolute Gasteiger partial charge is 0.354 e. The molecule has 6 heteroatoms. The molecule has 0 saturated carbocycles. The van der Waals surface area contributed by atoms with Gasteiger partial charge in [0, 0.05) is 38.8 Å². The second-order valence-corrected chi connectivity index (χ2v) is 5.39. The van der Waals surface area contributed by atoms with E-state index in [1.54, 1.807) is 0 Å². The van der Waals surface area contributed by atoms with Gasteiger partial charge in [-0.15, -0.1) is 0 Å². The number of hydrazine groups is 1. The molecular weight excluding hydrogens is 266 g/mol. The Hall–Kier alpha value is -1.66. The molecule has 0 spiro atoms. The van der Waals surface area contributed by atoms with Gasteiger partial charge in [-0.25, -0.2) is 10.8 Å². The highest BCUT2D eigenvalue weighted by Crippen LogP contribution is 2.13. The number of piperazine rings is 1. The lowest BCUT2D eigenvalue weighted by atomic mass is 10.1. The Bertz CT molecular complexity index is 417. The number of amides is 1. The molecule has 1 aromatic rings. The van der Waals surface area contributed by atoms with Gasteiger partial charge in [0.05, 0.1) is 0 Å². The van der Waals surface area contributed by atoms with Crippen molar-refractivity contribution in [3.8, 4) is 0 Å². The predicted octanol–water partition coefficient (Wildman–Crippen LogP) is 0.754. The maximum absolute atomic E-state index is 11.0. The summed E-state index contributed by atoms with van der Waals surface area (Å²) in [6.45, 7) is 5.35. The van der Waals surface area contributed by atoms with Crippen LogP contribution in [0.3, 0.4) is 0 Å². The van der Waals surface area contributed by atoms with Crippen LogP contribution in [-0.4, -0.2) is 48.5 Å². The zero-order valence-corrected chi connectivity index (χ0v) is 12.5. The van der Waals surface area contributed by atoms with E-state index in [0.29, 0.717) is 6.42 Å². The summed E-state index contributed by atoms with van der Waals surface area (Å²) in [6, 6.07) is 6.05. The third kappa shape index (κ3) is 5.32. The van der Waals surface area contributed by atoms with Crippen LogP contribution >= 0.6 is 0 Å². The maximum atomic E-state index is 11.0.